The number of carbonyl (C=O) groups is 1. The van der Waals surface area contributed by atoms with Gasteiger partial charge in [0, 0.05) is 17.8 Å². The van der Waals surface area contributed by atoms with Gasteiger partial charge in [0.2, 0.25) is 0 Å². The number of rotatable bonds is 10. The third-order valence-electron chi connectivity index (χ3n) is 3.95. The third kappa shape index (κ3) is 6.87. The molecule has 0 aliphatic rings. The number of benzene rings is 2. The largest absolute Gasteiger partial charge is 0.490 e. The maximum atomic E-state index is 12.3. The standard InChI is InChI=1S/C22H23Cl2N3O3/c1-3-29-20-8-5-15(11-21(20)30-4-2)9-10-26-14-16(13-25)22(28)27-19-12-17(23)6-7-18(19)24/h5-8,11-12,14,26H,3-4,9-10H2,1-2H3,(H,27,28)/b16-14-. The number of carbonyl (C=O) groups excluding carboxylic acids is 1. The fourth-order valence-electron chi connectivity index (χ4n) is 2.57. The normalized spacial score (nSPS) is 10.8. The van der Waals surface area contributed by atoms with E-state index < -0.39 is 5.91 Å². The third-order valence-corrected chi connectivity index (χ3v) is 4.52. The van der Waals surface area contributed by atoms with Gasteiger partial charge in [-0.05, 0) is 56.2 Å². The zero-order chi connectivity index (χ0) is 21.9. The molecule has 0 saturated heterocycles. The zero-order valence-electron chi connectivity index (χ0n) is 16.8. The van der Waals surface area contributed by atoms with Gasteiger partial charge in [0.15, 0.2) is 11.5 Å². The van der Waals surface area contributed by atoms with E-state index in [-0.39, 0.29) is 5.57 Å². The van der Waals surface area contributed by atoms with Crippen molar-refractivity contribution in [1.29, 1.82) is 5.26 Å². The van der Waals surface area contributed by atoms with E-state index in [1.54, 1.807) is 12.1 Å². The molecular formula is C22H23Cl2N3O3. The fraction of sp³-hybridized carbons (Fsp3) is 0.273. The zero-order valence-corrected chi connectivity index (χ0v) is 18.3. The maximum Gasteiger partial charge on any atom is 0.267 e. The summed E-state index contributed by atoms with van der Waals surface area (Å²) in [6.45, 7) is 5.46. The molecule has 6 nitrogen and oxygen atoms in total. The second kappa shape index (κ2) is 12.0. The van der Waals surface area contributed by atoms with Gasteiger partial charge in [0.25, 0.3) is 5.91 Å². The lowest BCUT2D eigenvalue weighted by Gasteiger charge is -2.12. The Bertz CT molecular complexity index is 955. The first-order valence-corrected chi connectivity index (χ1v) is 10.2. The van der Waals surface area contributed by atoms with Crippen molar-refractivity contribution in [1.82, 2.24) is 5.32 Å². The Balaban J connectivity index is 1.96. The lowest BCUT2D eigenvalue weighted by Crippen LogP contribution is -2.18. The van der Waals surface area contributed by atoms with E-state index in [0.29, 0.717) is 53.4 Å². The van der Waals surface area contributed by atoms with Gasteiger partial charge in [-0.25, -0.2) is 0 Å². The van der Waals surface area contributed by atoms with Crippen molar-refractivity contribution in [2.75, 3.05) is 25.1 Å². The number of nitrogens with one attached hydrogen (secondary N) is 2. The van der Waals surface area contributed by atoms with E-state index in [2.05, 4.69) is 10.6 Å². The summed E-state index contributed by atoms with van der Waals surface area (Å²) in [7, 11) is 0. The van der Waals surface area contributed by atoms with Gasteiger partial charge in [-0.1, -0.05) is 29.3 Å². The number of hydrogen-bond acceptors (Lipinski definition) is 5. The number of hydrogen-bond donors (Lipinski definition) is 2. The summed E-state index contributed by atoms with van der Waals surface area (Å²) in [5.74, 6) is 0.829. The summed E-state index contributed by atoms with van der Waals surface area (Å²) < 4.78 is 11.2. The van der Waals surface area contributed by atoms with Crippen LogP contribution in [0.3, 0.4) is 0 Å². The van der Waals surface area contributed by atoms with Crippen LogP contribution in [0.1, 0.15) is 19.4 Å². The highest BCUT2D eigenvalue weighted by atomic mass is 35.5. The van der Waals surface area contributed by atoms with Crippen LogP contribution in [-0.2, 0) is 11.2 Å². The molecule has 0 aliphatic heterocycles. The molecule has 0 spiro atoms. The Morgan fingerprint density at radius 1 is 1.10 bits per heavy atom. The highest BCUT2D eigenvalue weighted by Crippen LogP contribution is 2.28. The van der Waals surface area contributed by atoms with E-state index >= 15 is 0 Å². The maximum absolute atomic E-state index is 12.3. The van der Waals surface area contributed by atoms with Crippen LogP contribution in [0, 0.1) is 11.3 Å². The Hall–Kier alpha value is -2.88. The number of anilines is 1. The molecule has 0 aliphatic carbocycles. The molecule has 0 radical (unpaired) electrons. The number of amides is 1. The molecule has 0 unspecified atom stereocenters. The van der Waals surface area contributed by atoms with Gasteiger partial charge in [-0.3, -0.25) is 4.79 Å². The summed E-state index contributed by atoms with van der Waals surface area (Å²) >= 11 is 12.0. The van der Waals surface area contributed by atoms with E-state index in [4.69, 9.17) is 32.7 Å². The topological polar surface area (TPSA) is 83.4 Å². The fourth-order valence-corrected chi connectivity index (χ4v) is 2.91. The van der Waals surface area contributed by atoms with Crippen LogP contribution in [-0.4, -0.2) is 25.7 Å². The lowest BCUT2D eigenvalue weighted by molar-refractivity contribution is -0.112. The van der Waals surface area contributed by atoms with E-state index in [1.165, 1.54) is 12.3 Å². The number of halogens is 2. The molecule has 2 rings (SSSR count). The molecule has 0 saturated carbocycles. The van der Waals surface area contributed by atoms with Gasteiger partial charge in [-0.2, -0.15) is 5.26 Å². The first kappa shape index (κ1) is 23.4. The van der Waals surface area contributed by atoms with Crippen molar-refractivity contribution < 1.29 is 14.3 Å². The van der Waals surface area contributed by atoms with E-state index in [0.717, 1.165) is 5.56 Å². The molecule has 0 atom stereocenters. The van der Waals surface area contributed by atoms with E-state index in [9.17, 15) is 10.1 Å². The van der Waals surface area contributed by atoms with Crippen LogP contribution in [0.4, 0.5) is 5.69 Å². The SMILES string of the molecule is CCOc1ccc(CCN/C=C(/C#N)C(=O)Nc2cc(Cl)ccc2Cl)cc1OCC. The number of nitriles is 1. The smallest absolute Gasteiger partial charge is 0.267 e. The molecule has 0 fully saturated rings. The summed E-state index contributed by atoms with van der Waals surface area (Å²) in [6, 6.07) is 12.3. The minimum atomic E-state index is -0.575. The van der Waals surface area contributed by atoms with E-state index in [1.807, 2.05) is 38.1 Å². The Morgan fingerprint density at radius 3 is 2.53 bits per heavy atom. The quantitative estimate of drug-likeness (QED) is 0.305. The molecule has 0 bridgehead atoms. The van der Waals surface area contributed by atoms with Gasteiger partial charge in [0.1, 0.15) is 11.6 Å². The molecule has 30 heavy (non-hydrogen) atoms. The highest BCUT2D eigenvalue weighted by molar-refractivity contribution is 6.35. The van der Waals surface area contributed by atoms with Crippen LogP contribution in [0.5, 0.6) is 11.5 Å². The van der Waals surface area contributed by atoms with Crippen LogP contribution in [0.15, 0.2) is 48.2 Å². The lowest BCUT2D eigenvalue weighted by atomic mass is 10.1. The van der Waals surface area contributed by atoms with Crippen molar-refractivity contribution in [3.05, 3.63) is 63.8 Å². The van der Waals surface area contributed by atoms with Crippen LogP contribution >= 0.6 is 23.2 Å². The first-order chi connectivity index (χ1) is 14.5. The summed E-state index contributed by atoms with van der Waals surface area (Å²) in [6.07, 6.45) is 2.05. The summed E-state index contributed by atoms with van der Waals surface area (Å²) in [5, 5.41) is 15.6. The predicted octanol–water partition coefficient (Wildman–Crippen LogP) is 4.97. The Kier molecular flexibility index (Phi) is 9.33. The molecule has 8 heteroatoms. The highest BCUT2D eigenvalue weighted by Gasteiger charge is 2.12. The van der Waals surface area contributed by atoms with Gasteiger partial charge in [0.05, 0.1) is 23.9 Å². The van der Waals surface area contributed by atoms with Crippen LogP contribution in [0.25, 0.3) is 0 Å². The second-order valence-electron chi connectivity index (χ2n) is 6.10. The number of nitrogens with zero attached hydrogens (tertiary/aromatic N) is 1. The summed E-state index contributed by atoms with van der Waals surface area (Å²) in [5.41, 5.74) is 1.30. The average molecular weight is 448 g/mol. The minimum absolute atomic E-state index is 0.0762. The molecular weight excluding hydrogens is 425 g/mol. The number of ether oxygens (including phenoxy) is 2. The van der Waals surface area contributed by atoms with Gasteiger partial charge >= 0.3 is 0 Å². The molecule has 158 valence electrons. The molecule has 1 amide bonds. The molecule has 2 N–H and O–H groups in total. The van der Waals surface area contributed by atoms with Gasteiger partial charge < -0.3 is 20.1 Å². The second-order valence-corrected chi connectivity index (χ2v) is 6.94. The molecule has 2 aromatic rings. The average Bonchev–Trinajstić information content (AvgIpc) is 2.72. The molecule has 0 aromatic heterocycles. The van der Waals surface area contributed by atoms with Gasteiger partial charge in [-0.15, -0.1) is 0 Å². The van der Waals surface area contributed by atoms with Crippen LogP contribution < -0.4 is 20.1 Å². The minimum Gasteiger partial charge on any atom is -0.490 e. The van der Waals surface area contributed by atoms with Crippen molar-refractivity contribution in [2.24, 2.45) is 0 Å². The molecule has 2 aromatic carbocycles. The van der Waals surface area contributed by atoms with Crippen molar-refractivity contribution in [3.8, 4) is 17.6 Å². The van der Waals surface area contributed by atoms with Crippen molar-refractivity contribution in [3.63, 3.8) is 0 Å². The predicted molar refractivity (Wildman–Crippen MR) is 119 cm³/mol. The molecule has 0 heterocycles. The monoisotopic (exact) mass is 447 g/mol. The first-order valence-electron chi connectivity index (χ1n) is 9.47. The van der Waals surface area contributed by atoms with Crippen LogP contribution in [0.2, 0.25) is 10.0 Å². The van der Waals surface area contributed by atoms with Crippen molar-refractivity contribution in [2.45, 2.75) is 20.3 Å². The Labute approximate surface area is 186 Å². The Morgan fingerprint density at radius 2 is 1.83 bits per heavy atom. The van der Waals surface area contributed by atoms with Crippen molar-refractivity contribution >= 4 is 34.8 Å². The summed E-state index contributed by atoms with van der Waals surface area (Å²) in [4.78, 5) is 12.3.